The summed E-state index contributed by atoms with van der Waals surface area (Å²) < 4.78 is 47.6. The fourth-order valence-corrected chi connectivity index (χ4v) is 6.48. The molecule has 3 saturated heterocycles. The summed E-state index contributed by atoms with van der Waals surface area (Å²) in [5, 5.41) is 16.2. The normalized spacial score (nSPS) is 23.1. The number of rotatable bonds is 6. The third-order valence-corrected chi connectivity index (χ3v) is 8.69. The highest BCUT2D eigenvalue weighted by Gasteiger charge is 2.43. The first-order valence-electron chi connectivity index (χ1n) is 13.7. The minimum absolute atomic E-state index is 0.00741. The number of aromatic amines is 1. The van der Waals surface area contributed by atoms with Gasteiger partial charge in [0.1, 0.15) is 12.6 Å². The summed E-state index contributed by atoms with van der Waals surface area (Å²) in [7, 11) is 0. The lowest BCUT2D eigenvalue weighted by Crippen LogP contribution is -2.66. The molecule has 4 aliphatic rings. The number of fused-ring (bicyclic) bond motifs is 4. The predicted octanol–water partition coefficient (Wildman–Crippen LogP) is 2.82. The van der Waals surface area contributed by atoms with Crippen LogP contribution >= 0.6 is 0 Å². The van der Waals surface area contributed by atoms with Crippen LogP contribution in [0.15, 0.2) is 58.5 Å². The van der Waals surface area contributed by atoms with Crippen LogP contribution < -0.4 is 10.6 Å². The van der Waals surface area contributed by atoms with Gasteiger partial charge in [0.05, 0.1) is 42.4 Å². The van der Waals surface area contributed by atoms with Crippen LogP contribution in [0, 0.1) is 11.3 Å². The molecule has 5 heterocycles. The predicted molar refractivity (Wildman–Crippen MR) is 146 cm³/mol. The van der Waals surface area contributed by atoms with Crippen LogP contribution in [0.1, 0.15) is 35.2 Å². The van der Waals surface area contributed by atoms with Gasteiger partial charge < -0.3 is 9.22 Å². The van der Waals surface area contributed by atoms with Crippen LogP contribution in [-0.4, -0.2) is 75.9 Å². The molecule has 1 atom stereocenters. The van der Waals surface area contributed by atoms with E-state index in [1.54, 1.807) is 18.2 Å². The first kappa shape index (κ1) is 28.4. The number of hydrogen-bond acceptors (Lipinski definition) is 8. The second-order valence-corrected chi connectivity index (χ2v) is 11.0. The van der Waals surface area contributed by atoms with E-state index in [2.05, 4.69) is 21.2 Å². The van der Waals surface area contributed by atoms with Crippen molar-refractivity contribution < 1.29 is 32.0 Å². The molecule has 7 rings (SSSR count). The molecule has 11 nitrogen and oxygen atoms in total. The van der Waals surface area contributed by atoms with Crippen LogP contribution in [0.2, 0.25) is 0 Å². The van der Waals surface area contributed by atoms with Crippen molar-refractivity contribution in [2.75, 3.05) is 44.2 Å². The molecule has 0 spiro atoms. The molecular formula is C29H27F3N7O4+. The quantitative estimate of drug-likeness (QED) is 0.200. The van der Waals surface area contributed by atoms with E-state index in [0.717, 1.165) is 61.4 Å². The van der Waals surface area contributed by atoms with Crippen molar-refractivity contribution in [1.29, 1.82) is 5.26 Å². The van der Waals surface area contributed by atoms with Crippen LogP contribution in [0.4, 0.5) is 24.8 Å². The highest BCUT2D eigenvalue weighted by Crippen LogP contribution is 2.44. The van der Waals surface area contributed by atoms with Crippen LogP contribution in [-0.2, 0) is 27.0 Å². The Hall–Kier alpha value is -4.74. The molecule has 1 N–H and O–H groups in total. The smallest absolute Gasteiger partial charge is 0.392 e. The molecule has 2 bridgehead atoms. The summed E-state index contributed by atoms with van der Waals surface area (Å²) in [4.78, 5) is 41.8. The summed E-state index contributed by atoms with van der Waals surface area (Å²) in [6, 6.07) is 10.4. The topological polar surface area (TPSA) is 124 Å². The molecule has 0 amide bonds. The Balaban J connectivity index is 1.56. The average molecular weight is 595 g/mol. The minimum atomic E-state index is -4.65. The summed E-state index contributed by atoms with van der Waals surface area (Å²) in [5.41, 5.74) is -0.0357. The van der Waals surface area contributed by atoms with Gasteiger partial charge >= 0.3 is 24.3 Å². The molecule has 1 aromatic heterocycles. The number of allylic oxidation sites excluding steroid dienone is 1. The number of halogens is 3. The van der Waals surface area contributed by atoms with E-state index in [-0.39, 0.29) is 29.4 Å². The van der Waals surface area contributed by atoms with E-state index in [9.17, 15) is 32.8 Å². The molecular weight excluding hydrogens is 567 g/mol. The number of quaternary nitrogens is 1. The largest absolute Gasteiger partial charge is 0.416 e. The molecule has 3 aromatic rings. The standard InChI is InChI=1S/C29H26F3N7O4/c1-18-24(26(41)43-17-40)25(23-6-5-19(15-33)13-20(23)16-39-10-7-36(8-11-39)9-12-39)38-27(34-35-28(38)42)37(18)22-4-2-3-21(14-22)29(30,31)32/h2-6,13-14,17,25H,7-12,16H2,1H3/p+1/t25-/m1/s1. The van der Waals surface area contributed by atoms with E-state index in [1.807, 2.05) is 0 Å². The van der Waals surface area contributed by atoms with Gasteiger partial charge in [-0.05, 0) is 42.8 Å². The van der Waals surface area contributed by atoms with Crippen molar-refractivity contribution in [3.05, 3.63) is 86.5 Å². The van der Waals surface area contributed by atoms with E-state index in [4.69, 9.17) is 4.74 Å². The highest BCUT2D eigenvalue weighted by molar-refractivity contribution is 5.96. The number of aromatic nitrogens is 3. The number of benzene rings is 2. The lowest BCUT2D eigenvalue weighted by atomic mass is 9.89. The maximum absolute atomic E-state index is 13.6. The maximum atomic E-state index is 13.6. The molecule has 2 aromatic carbocycles. The number of nitrogens with zero attached hydrogens (tertiary/aromatic N) is 6. The van der Waals surface area contributed by atoms with Crippen LogP contribution in [0.3, 0.4) is 0 Å². The lowest BCUT2D eigenvalue weighted by molar-refractivity contribution is -0.953. The number of hydrogen-bond donors (Lipinski definition) is 1. The van der Waals surface area contributed by atoms with E-state index in [1.165, 1.54) is 28.5 Å². The number of ether oxygens (including phenoxy) is 1. The van der Waals surface area contributed by atoms with Gasteiger partial charge in [-0.1, -0.05) is 12.1 Å². The number of piperazine rings is 3. The second-order valence-electron chi connectivity index (χ2n) is 11.0. The van der Waals surface area contributed by atoms with Gasteiger partial charge in [0.25, 0.3) is 0 Å². The molecule has 222 valence electrons. The van der Waals surface area contributed by atoms with Crippen molar-refractivity contribution in [2.24, 2.45) is 0 Å². The van der Waals surface area contributed by atoms with Crippen molar-refractivity contribution in [1.82, 2.24) is 19.7 Å². The van der Waals surface area contributed by atoms with Crippen molar-refractivity contribution in [2.45, 2.75) is 25.7 Å². The maximum Gasteiger partial charge on any atom is 0.416 e. The molecule has 3 fully saturated rings. The van der Waals surface area contributed by atoms with Gasteiger partial charge in [-0.15, -0.1) is 5.10 Å². The average Bonchev–Trinajstić information content (AvgIpc) is 3.37. The minimum Gasteiger partial charge on any atom is -0.392 e. The zero-order valence-corrected chi connectivity index (χ0v) is 23.1. The van der Waals surface area contributed by atoms with Crippen molar-refractivity contribution in [3.63, 3.8) is 0 Å². The lowest BCUT2D eigenvalue weighted by Gasteiger charge is -2.51. The molecule has 0 saturated carbocycles. The fourth-order valence-electron chi connectivity index (χ4n) is 6.48. The van der Waals surface area contributed by atoms with Gasteiger partial charge in [0.2, 0.25) is 5.95 Å². The molecule has 0 unspecified atom stereocenters. The molecule has 4 aliphatic heterocycles. The van der Waals surface area contributed by atoms with Crippen molar-refractivity contribution in [3.8, 4) is 6.07 Å². The Morgan fingerprint density at radius 3 is 2.56 bits per heavy atom. The third-order valence-electron chi connectivity index (χ3n) is 8.69. The molecule has 14 heteroatoms. The first-order chi connectivity index (χ1) is 20.5. The first-order valence-corrected chi connectivity index (χ1v) is 13.7. The Morgan fingerprint density at radius 2 is 1.91 bits per heavy atom. The zero-order valence-electron chi connectivity index (χ0n) is 23.1. The number of anilines is 2. The second kappa shape index (κ2) is 10.5. The monoisotopic (exact) mass is 594 g/mol. The summed E-state index contributed by atoms with van der Waals surface area (Å²) in [6.07, 6.45) is -4.65. The summed E-state index contributed by atoms with van der Waals surface area (Å²) >= 11 is 0. The number of carbonyl (C=O) groups excluding carboxylic acids is 2. The number of nitriles is 1. The van der Waals surface area contributed by atoms with E-state index < -0.39 is 29.4 Å². The third kappa shape index (κ3) is 4.90. The highest BCUT2D eigenvalue weighted by atomic mass is 19.4. The zero-order chi connectivity index (χ0) is 30.5. The molecule has 0 radical (unpaired) electrons. The van der Waals surface area contributed by atoms with Gasteiger partial charge in [-0.3, -0.25) is 14.6 Å². The van der Waals surface area contributed by atoms with Crippen LogP contribution in [0.25, 0.3) is 0 Å². The van der Waals surface area contributed by atoms with Gasteiger partial charge in [-0.2, -0.15) is 18.4 Å². The molecule has 0 aliphatic carbocycles. The van der Waals surface area contributed by atoms with Gasteiger partial charge in [0.15, 0.2) is 0 Å². The number of esters is 1. The number of carbonyl (C=O) groups is 2. The Kier molecular flexibility index (Phi) is 6.94. The van der Waals surface area contributed by atoms with Crippen LogP contribution in [0.5, 0.6) is 0 Å². The fraction of sp³-hybridized carbons (Fsp3) is 0.345. The number of nitrogens with one attached hydrogen (secondary N) is 1. The summed E-state index contributed by atoms with van der Waals surface area (Å²) in [5.74, 6) is -1.12. The number of H-pyrrole nitrogens is 1. The molecule has 43 heavy (non-hydrogen) atoms. The number of alkyl halides is 3. The van der Waals surface area contributed by atoms with E-state index in [0.29, 0.717) is 17.7 Å². The van der Waals surface area contributed by atoms with Gasteiger partial charge in [-0.25, -0.2) is 19.3 Å². The van der Waals surface area contributed by atoms with Gasteiger partial charge in [0, 0.05) is 36.6 Å². The van der Waals surface area contributed by atoms with E-state index >= 15 is 0 Å². The Labute approximate surface area is 243 Å². The Bertz CT molecular complexity index is 1730. The SMILES string of the molecule is CC1=C(C(=O)OC=O)[C@@H](c2ccc(C#N)cc2C[N+]23CCN(CC2)CC3)n2c(n[nH]c2=O)N1c1cccc(C(F)(F)F)c1. The van der Waals surface area contributed by atoms with Crippen molar-refractivity contribution >= 4 is 24.1 Å². The summed E-state index contributed by atoms with van der Waals surface area (Å²) in [6.45, 7) is 7.49. The Morgan fingerprint density at radius 1 is 1.19 bits per heavy atom.